The molecule has 0 aliphatic carbocycles. The Balaban J connectivity index is 0.891. The first-order valence-corrected chi connectivity index (χ1v) is 20.3. The fraction of sp³-hybridized carbons (Fsp3) is 0.132. The van der Waals surface area contributed by atoms with Gasteiger partial charge in [-0.2, -0.15) is 0 Å². The number of phenolic OH excluding ortho intramolecular Hbond substituents is 1. The SMILES string of the molecule is Cc1ccc(C(C)(C)c2ccc(Oc3ccc4c(c3)C(=O)N(c3cccc(N5C(=O)c6ccc(Oc7ccc(C(C)(C)c8ccc(O)cc8)cc7)cc6C5=O)c3)C4=O)cc2)cc1. The Labute approximate surface area is 359 Å². The summed E-state index contributed by atoms with van der Waals surface area (Å²) in [6, 6.07) is 46.8. The molecule has 0 atom stereocenters. The van der Waals surface area contributed by atoms with Gasteiger partial charge >= 0.3 is 0 Å². The van der Waals surface area contributed by atoms with Gasteiger partial charge < -0.3 is 14.6 Å². The number of anilines is 2. The Morgan fingerprint density at radius 2 is 0.742 bits per heavy atom. The zero-order valence-electron chi connectivity index (χ0n) is 34.8. The second-order valence-electron chi connectivity index (χ2n) is 16.7. The smallest absolute Gasteiger partial charge is 0.266 e. The number of phenols is 1. The monoisotopic (exact) mass is 818 g/mol. The lowest BCUT2D eigenvalue weighted by Crippen LogP contribution is -2.31. The molecule has 2 aliphatic heterocycles. The van der Waals surface area contributed by atoms with Gasteiger partial charge in [-0.1, -0.05) is 100.0 Å². The number of fused-ring (bicyclic) bond motifs is 2. The highest BCUT2D eigenvalue weighted by molar-refractivity contribution is 6.36. The maximum absolute atomic E-state index is 13.9. The van der Waals surface area contributed by atoms with Gasteiger partial charge in [0.1, 0.15) is 28.7 Å². The van der Waals surface area contributed by atoms with Crippen molar-refractivity contribution in [3.8, 4) is 28.7 Å². The number of aromatic hydroxyl groups is 1. The predicted octanol–water partition coefficient (Wildman–Crippen LogP) is 11.5. The molecule has 0 saturated carbocycles. The van der Waals surface area contributed by atoms with Gasteiger partial charge in [0.15, 0.2) is 0 Å². The van der Waals surface area contributed by atoms with Crippen molar-refractivity contribution in [1.29, 1.82) is 0 Å². The highest BCUT2D eigenvalue weighted by atomic mass is 16.5. The largest absolute Gasteiger partial charge is 0.508 e. The van der Waals surface area contributed by atoms with Crippen LogP contribution in [0.1, 0.15) is 96.9 Å². The molecule has 9 nitrogen and oxygen atoms in total. The van der Waals surface area contributed by atoms with Crippen LogP contribution < -0.4 is 19.3 Å². The van der Waals surface area contributed by atoms with Crippen LogP contribution in [0, 0.1) is 6.92 Å². The van der Waals surface area contributed by atoms with Crippen molar-refractivity contribution < 1.29 is 33.8 Å². The Morgan fingerprint density at radius 3 is 1.15 bits per heavy atom. The molecular weight excluding hydrogens is 777 g/mol. The standard InChI is InChI=1S/C53H42N2O7/c1-32-9-11-33(12-10-32)52(2,3)35-15-21-40(22-16-35)61-42-25-27-44-46(30-42)50(59)54(48(44)57)37-7-6-8-38(29-37)55-49(58)45-28-26-43(31-47(45)51(55)60)62-41-23-17-36(18-24-41)53(4,5)34-13-19-39(56)20-14-34/h6-31,56H,1-5H3. The topological polar surface area (TPSA) is 113 Å². The Kier molecular flexibility index (Phi) is 9.63. The maximum atomic E-state index is 13.9. The minimum atomic E-state index is -0.561. The molecule has 306 valence electrons. The summed E-state index contributed by atoms with van der Waals surface area (Å²) < 4.78 is 12.3. The van der Waals surface area contributed by atoms with Crippen molar-refractivity contribution in [3.05, 3.63) is 208 Å². The van der Waals surface area contributed by atoms with E-state index >= 15 is 0 Å². The molecule has 7 aromatic rings. The molecule has 1 N–H and O–H groups in total. The van der Waals surface area contributed by atoms with Crippen LogP contribution in [-0.4, -0.2) is 28.7 Å². The van der Waals surface area contributed by atoms with E-state index in [1.54, 1.807) is 60.7 Å². The number of carbonyl (C=O) groups is 4. The minimum absolute atomic E-state index is 0.167. The molecule has 9 heteroatoms. The second kappa shape index (κ2) is 15.0. The summed E-state index contributed by atoms with van der Waals surface area (Å²) >= 11 is 0. The number of hydrogen-bond donors (Lipinski definition) is 1. The zero-order chi connectivity index (χ0) is 43.5. The molecule has 0 spiro atoms. The molecular formula is C53H42N2O7. The van der Waals surface area contributed by atoms with Gasteiger partial charge in [-0.15, -0.1) is 0 Å². The average Bonchev–Trinajstić information content (AvgIpc) is 3.67. The molecule has 0 saturated heterocycles. The lowest BCUT2D eigenvalue weighted by atomic mass is 9.78. The van der Waals surface area contributed by atoms with Crippen LogP contribution in [0.5, 0.6) is 28.7 Å². The third-order valence-electron chi connectivity index (χ3n) is 12.0. The fourth-order valence-corrected chi connectivity index (χ4v) is 8.14. The summed E-state index contributed by atoms with van der Waals surface area (Å²) in [5.41, 5.74) is 6.23. The van der Waals surface area contributed by atoms with Crippen molar-refractivity contribution in [3.63, 3.8) is 0 Å². The van der Waals surface area contributed by atoms with Crippen LogP contribution in [-0.2, 0) is 10.8 Å². The third kappa shape index (κ3) is 6.97. The normalized spacial score (nSPS) is 13.7. The number of benzene rings is 7. The van der Waals surface area contributed by atoms with E-state index in [1.165, 1.54) is 23.3 Å². The highest BCUT2D eigenvalue weighted by Gasteiger charge is 2.40. The Morgan fingerprint density at radius 1 is 0.403 bits per heavy atom. The van der Waals surface area contributed by atoms with Gasteiger partial charge in [-0.25, -0.2) is 9.80 Å². The average molecular weight is 819 g/mol. The summed E-state index contributed by atoms with van der Waals surface area (Å²) in [5.74, 6) is -0.0781. The highest BCUT2D eigenvalue weighted by Crippen LogP contribution is 2.39. The van der Waals surface area contributed by atoms with Crippen LogP contribution in [0.25, 0.3) is 0 Å². The van der Waals surface area contributed by atoms with Crippen molar-refractivity contribution in [1.82, 2.24) is 0 Å². The molecule has 62 heavy (non-hydrogen) atoms. The van der Waals surface area contributed by atoms with E-state index in [-0.39, 0.29) is 50.2 Å². The van der Waals surface area contributed by atoms with Crippen molar-refractivity contribution in [2.75, 3.05) is 9.80 Å². The van der Waals surface area contributed by atoms with E-state index in [2.05, 4.69) is 58.9 Å². The lowest BCUT2D eigenvalue weighted by molar-refractivity contribution is 0.0912. The summed E-state index contributed by atoms with van der Waals surface area (Å²) in [4.78, 5) is 57.2. The molecule has 4 amide bonds. The van der Waals surface area contributed by atoms with Crippen molar-refractivity contribution >= 4 is 35.0 Å². The van der Waals surface area contributed by atoms with E-state index in [9.17, 15) is 24.3 Å². The number of hydrogen-bond acceptors (Lipinski definition) is 7. The number of carbonyl (C=O) groups excluding carboxylic acids is 4. The third-order valence-corrected chi connectivity index (χ3v) is 12.0. The van der Waals surface area contributed by atoms with E-state index in [4.69, 9.17) is 9.47 Å². The molecule has 0 aromatic heterocycles. The molecule has 0 radical (unpaired) electrons. The van der Waals surface area contributed by atoms with Gasteiger partial charge in [0, 0.05) is 10.8 Å². The van der Waals surface area contributed by atoms with Gasteiger partial charge in [-0.3, -0.25) is 19.2 Å². The molecule has 7 aromatic carbocycles. The molecule has 9 rings (SSSR count). The van der Waals surface area contributed by atoms with Crippen LogP contribution in [0.2, 0.25) is 0 Å². The molecule has 0 unspecified atom stereocenters. The lowest BCUT2D eigenvalue weighted by Gasteiger charge is -2.26. The zero-order valence-corrected chi connectivity index (χ0v) is 34.8. The first kappa shape index (κ1) is 39.7. The van der Waals surface area contributed by atoms with Crippen LogP contribution >= 0.6 is 0 Å². The molecule has 2 heterocycles. The molecule has 0 bridgehead atoms. The summed E-state index contributed by atoms with van der Waals surface area (Å²) in [5, 5.41) is 9.72. The number of nitrogens with zero attached hydrogens (tertiary/aromatic N) is 2. The quantitative estimate of drug-likeness (QED) is 0.137. The van der Waals surface area contributed by atoms with E-state index in [1.807, 2.05) is 60.7 Å². The van der Waals surface area contributed by atoms with Gasteiger partial charge in [0.25, 0.3) is 23.6 Å². The number of amides is 4. The van der Waals surface area contributed by atoms with Gasteiger partial charge in [0.05, 0.1) is 33.6 Å². The van der Waals surface area contributed by atoms with E-state index in [0.717, 1.165) is 26.5 Å². The minimum Gasteiger partial charge on any atom is -0.508 e. The first-order valence-electron chi connectivity index (χ1n) is 20.3. The maximum Gasteiger partial charge on any atom is 0.266 e. The van der Waals surface area contributed by atoms with E-state index < -0.39 is 23.6 Å². The van der Waals surface area contributed by atoms with Crippen molar-refractivity contribution in [2.24, 2.45) is 0 Å². The Hall–Kier alpha value is -7.78. The molecule has 0 fully saturated rings. The number of imide groups is 2. The summed E-state index contributed by atoms with van der Waals surface area (Å²) in [7, 11) is 0. The van der Waals surface area contributed by atoms with Gasteiger partial charge in [-0.05, 0) is 120 Å². The summed E-state index contributed by atoms with van der Waals surface area (Å²) in [6.07, 6.45) is 0. The van der Waals surface area contributed by atoms with Crippen LogP contribution in [0.15, 0.2) is 158 Å². The fourth-order valence-electron chi connectivity index (χ4n) is 8.14. The number of aryl methyl sites for hydroxylation is 1. The van der Waals surface area contributed by atoms with Crippen LogP contribution in [0.4, 0.5) is 11.4 Å². The number of rotatable bonds is 10. The summed E-state index contributed by atoms with van der Waals surface area (Å²) in [6.45, 7) is 10.6. The van der Waals surface area contributed by atoms with Gasteiger partial charge in [0.2, 0.25) is 0 Å². The van der Waals surface area contributed by atoms with Crippen molar-refractivity contribution in [2.45, 2.75) is 45.4 Å². The van der Waals surface area contributed by atoms with Crippen LogP contribution in [0.3, 0.4) is 0 Å². The van der Waals surface area contributed by atoms with E-state index in [0.29, 0.717) is 23.0 Å². The first-order chi connectivity index (χ1) is 29.7. The number of ether oxygens (including phenoxy) is 2. The second-order valence-corrected chi connectivity index (χ2v) is 16.7. The Bertz CT molecular complexity index is 2740. The predicted molar refractivity (Wildman–Crippen MR) is 238 cm³/mol. The molecule has 2 aliphatic rings.